The van der Waals surface area contributed by atoms with Gasteiger partial charge in [-0.1, -0.05) is 42.1 Å². The Morgan fingerprint density at radius 3 is 2.44 bits per heavy atom. The van der Waals surface area contributed by atoms with Gasteiger partial charge in [0.05, 0.1) is 5.75 Å². The Balaban J connectivity index is 1.52. The van der Waals surface area contributed by atoms with Gasteiger partial charge in [-0.3, -0.25) is 9.59 Å². The average Bonchev–Trinajstić information content (AvgIpc) is 3.07. The lowest BCUT2D eigenvalue weighted by atomic mass is 10.2. The van der Waals surface area contributed by atoms with Gasteiger partial charge in [-0.05, 0) is 5.56 Å². The van der Waals surface area contributed by atoms with Crippen LogP contribution in [0.15, 0.2) is 47.9 Å². The molecule has 0 saturated carbocycles. The first-order valence-electron chi connectivity index (χ1n) is 8.34. The Labute approximate surface area is 151 Å². The fourth-order valence-corrected chi connectivity index (χ4v) is 3.69. The Bertz CT molecular complexity index is 724. The van der Waals surface area contributed by atoms with Crippen LogP contribution in [0.25, 0.3) is 0 Å². The number of hydrogen-bond donors (Lipinski definition) is 0. The first-order chi connectivity index (χ1) is 12.1. The molecule has 1 saturated heterocycles. The van der Waals surface area contributed by atoms with Gasteiger partial charge >= 0.3 is 0 Å². The third-order valence-electron chi connectivity index (χ3n) is 4.28. The summed E-state index contributed by atoms with van der Waals surface area (Å²) in [6.45, 7) is 4.77. The van der Waals surface area contributed by atoms with Crippen LogP contribution in [0.3, 0.4) is 0 Å². The van der Waals surface area contributed by atoms with Crippen LogP contribution in [0.5, 0.6) is 0 Å². The minimum absolute atomic E-state index is 0.0735. The lowest BCUT2D eigenvalue weighted by Crippen LogP contribution is -2.50. The van der Waals surface area contributed by atoms with Crippen molar-refractivity contribution in [2.24, 2.45) is 0 Å². The summed E-state index contributed by atoms with van der Waals surface area (Å²) < 4.78 is 2.06. The van der Waals surface area contributed by atoms with Crippen molar-refractivity contribution < 1.29 is 9.59 Å². The van der Waals surface area contributed by atoms with Crippen molar-refractivity contribution in [2.75, 3.05) is 31.9 Å². The zero-order valence-corrected chi connectivity index (χ0v) is 15.1. The van der Waals surface area contributed by atoms with Crippen molar-refractivity contribution in [1.29, 1.82) is 0 Å². The summed E-state index contributed by atoms with van der Waals surface area (Å²) >= 11 is 1.46. The zero-order chi connectivity index (χ0) is 17.6. The highest BCUT2D eigenvalue weighted by Crippen LogP contribution is 2.18. The van der Waals surface area contributed by atoms with Crippen LogP contribution in [-0.2, 0) is 16.1 Å². The van der Waals surface area contributed by atoms with Gasteiger partial charge in [0.15, 0.2) is 5.16 Å². The summed E-state index contributed by atoms with van der Waals surface area (Å²) in [5.41, 5.74) is 1.20. The normalized spacial score (nSPS) is 14.6. The van der Waals surface area contributed by atoms with Crippen molar-refractivity contribution in [3.8, 4) is 0 Å². The van der Waals surface area contributed by atoms with Crippen molar-refractivity contribution in [2.45, 2.75) is 18.6 Å². The summed E-state index contributed by atoms with van der Waals surface area (Å²) in [5, 5.41) is 0.847. The van der Waals surface area contributed by atoms with E-state index in [0.717, 1.165) is 11.7 Å². The maximum atomic E-state index is 12.4. The second-order valence-electron chi connectivity index (χ2n) is 6.00. The standard InChI is InChI=1S/C18H22N4O2S/c1-15(23)20-9-11-21(12-10-20)17(24)14-25-18-19-7-8-22(18)13-16-5-3-2-4-6-16/h2-8H,9-14H2,1H3. The minimum Gasteiger partial charge on any atom is -0.339 e. The summed E-state index contributed by atoms with van der Waals surface area (Å²) in [4.78, 5) is 31.7. The molecule has 0 atom stereocenters. The largest absolute Gasteiger partial charge is 0.339 e. The Morgan fingerprint density at radius 1 is 1.08 bits per heavy atom. The summed E-state index contributed by atoms with van der Waals surface area (Å²) in [6.07, 6.45) is 3.70. The van der Waals surface area contributed by atoms with E-state index in [1.54, 1.807) is 18.0 Å². The molecular formula is C18H22N4O2S. The van der Waals surface area contributed by atoms with Gasteiger partial charge in [0.25, 0.3) is 0 Å². The van der Waals surface area contributed by atoms with Gasteiger partial charge in [0.2, 0.25) is 11.8 Å². The molecule has 3 rings (SSSR count). The molecule has 1 aliphatic rings. The molecule has 0 bridgehead atoms. The number of nitrogens with zero attached hydrogens (tertiary/aromatic N) is 4. The van der Waals surface area contributed by atoms with E-state index >= 15 is 0 Å². The minimum atomic E-state index is 0.0735. The number of thioether (sulfide) groups is 1. The Kier molecular flexibility index (Phi) is 5.75. The maximum Gasteiger partial charge on any atom is 0.233 e. The zero-order valence-electron chi connectivity index (χ0n) is 14.3. The molecule has 0 aliphatic carbocycles. The second-order valence-corrected chi connectivity index (χ2v) is 6.94. The molecule has 2 aromatic rings. The fourth-order valence-electron chi connectivity index (χ4n) is 2.82. The van der Waals surface area contributed by atoms with Crippen LogP contribution >= 0.6 is 11.8 Å². The molecule has 25 heavy (non-hydrogen) atoms. The molecule has 7 heteroatoms. The van der Waals surface area contributed by atoms with E-state index in [1.165, 1.54) is 17.3 Å². The van der Waals surface area contributed by atoms with Gasteiger partial charge in [0.1, 0.15) is 0 Å². The van der Waals surface area contributed by atoms with Crippen LogP contribution in [-0.4, -0.2) is 63.1 Å². The molecule has 2 amide bonds. The lowest BCUT2D eigenvalue weighted by molar-refractivity contribution is -0.136. The third kappa shape index (κ3) is 4.63. The highest BCUT2D eigenvalue weighted by molar-refractivity contribution is 7.99. The second kappa shape index (κ2) is 8.20. The van der Waals surface area contributed by atoms with Gasteiger partial charge in [-0.25, -0.2) is 4.98 Å². The number of rotatable bonds is 5. The fraction of sp³-hybridized carbons (Fsp3) is 0.389. The van der Waals surface area contributed by atoms with E-state index in [9.17, 15) is 9.59 Å². The van der Waals surface area contributed by atoms with E-state index in [4.69, 9.17) is 0 Å². The predicted molar refractivity (Wildman–Crippen MR) is 97.3 cm³/mol. The quantitative estimate of drug-likeness (QED) is 0.764. The third-order valence-corrected chi connectivity index (χ3v) is 5.26. The van der Waals surface area contributed by atoms with Crippen molar-refractivity contribution in [1.82, 2.24) is 19.4 Å². The number of aromatic nitrogens is 2. The number of hydrogen-bond acceptors (Lipinski definition) is 4. The summed E-state index contributed by atoms with van der Waals surface area (Å²) in [6, 6.07) is 10.2. The van der Waals surface area contributed by atoms with Gasteiger partial charge in [-0.2, -0.15) is 0 Å². The monoisotopic (exact) mass is 358 g/mol. The number of benzene rings is 1. The molecule has 0 unspecified atom stereocenters. The molecule has 1 aliphatic heterocycles. The molecular weight excluding hydrogens is 336 g/mol. The number of carbonyl (C=O) groups is 2. The van der Waals surface area contributed by atoms with Crippen molar-refractivity contribution >= 4 is 23.6 Å². The molecule has 0 spiro atoms. The highest BCUT2D eigenvalue weighted by atomic mass is 32.2. The number of carbonyl (C=O) groups excluding carboxylic acids is 2. The van der Waals surface area contributed by atoms with Gasteiger partial charge in [0, 0.05) is 52.0 Å². The molecule has 1 fully saturated rings. The summed E-state index contributed by atoms with van der Waals surface area (Å²) in [5.74, 6) is 0.540. The number of piperazine rings is 1. The molecule has 0 radical (unpaired) electrons. The van der Waals surface area contributed by atoms with Crippen LogP contribution in [0.4, 0.5) is 0 Å². The molecule has 2 heterocycles. The van der Waals surface area contributed by atoms with Crippen LogP contribution in [0.1, 0.15) is 12.5 Å². The van der Waals surface area contributed by atoms with E-state index in [0.29, 0.717) is 31.9 Å². The van der Waals surface area contributed by atoms with Gasteiger partial charge < -0.3 is 14.4 Å². The molecule has 6 nitrogen and oxygen atoms in total. The smallest absolute Gasteiger partial charge is 0.233 e. The summed E-state index contributed by atoms with van der Waals surface area (Å²) in [7, 11) is 0. The number of imidazole rings is 1. The first kappa shape index (κ1) is 17.5. The Hall–Kier alpha value is -2.28. The molecule has 0 N–H and O–H groups in total. The van der Waals surface area contributed by atoms with Crippen molar-refractivity contribution in [3.63, 3.8) is 0 Å². The van der Waals surface area contributed by atoms with Crippen LogP contribution in [0, 0.1) is 0 Å². The Morgan fingerprint density at radius 2 is 1.76 bits per heavy atom. The molecule has 132 valence electrons. The van der Waals surface area contributed by atoms with E-state index in [-0.39, 0.29) is 11.8 Å². The predicted octanol–water partition coefficient (Wildman–Crippen LogP) is 1.71. The van der Waals surface area contributed by atoms with Crippen LogP contribution < -0.4 is 0 Å². The lowest BCUT2D eigenvalue weighted by Gasteiger charge is -2.34. The highest BCUT2D eigenvalue weighted by Gasteiger charge is 2.22. The average molecular weight is 358 g/mol. The van der Waals surface area contributed by atoms with E-state index < -0.39 is 0 Å². The van der Waals surface area contributed by atoms with Gasteiger partial charge in [-0.15, -0.1) is 0 Å². The van der Waals surface area contributed by atoms with Crippen LogP contribution in [0.2, 0.25) is 0 Å². The number of amides is 2. The topological polar surface area (TPSA) is 58.4 Å². The molecule has 1 aromatic heterocycles. The van der Waals surface area contributed by atoms with E-state index in [2.05, 4.69) is 21.7 Å². The molecule has 1 aromatic carbocycles. The first-order valence-corrected chi connectivity index (χ1v) is 9.33. The SMILES string of the molecule is CC(=O)N1CCN(C(=O)CSc2nccn2Cc2ccccc2)CC1. The maximum absolute atomic E-state index is 12.4. The van der Waals surface area contributed by atoms with Crippen molar-refractivity contribution in [3.05, 3.63) is 48.3 Å². The van der Waals surface area contributed by atoms with E-state index in [1.807, 2.05) is 29.3 Å².